The van der Waals surface area contributed by atoms with Crippen molar-refractivity contribution in [2.75, 3.05) is 50.9 Å². The molecule has 2 heterocycles. The summed E-state index contributed by atoms with van der Waals surface area (Å²) in [5, 5.41) is 69.4. The number of phenolic OH excluding ortho intramolecular Hbond substituents is 1. The van der Waals surface area contributed by atoms with Gasteiger partial charge in [-0.25, -0.2) is 0 Å². The number of primary amides is 3. The van der Waals surface area contributed by atoms with Gasteiger partial charge in [-0.3, -0.25) is 86.9 Å². The van der Waals surface area contributed by atoms with Crippen molar-refractivity contribution in [1.29, 1.82) is 5.41 Å². The number of aliphatic hydroxyl groups is 1. The Kier molecular flexibility index (Phi) is 47.9. The number of phenols is 1. The van der Waals surface area contributed by atoms with Gasteiger partial charge in [-0.1, -0.05) is 124 Å². The van der Waals surface area contributed by atoms with Crippen molar-refractivity contribution in [1.82, 2.24) is 89.7 Å². The molecule has 6 aromatic rings. The van der Waals surface area contributed by atoms with Crippen molar-refractivity contribution in [3.8, 4) is 5.75 Å². The summed E-state index contributed by atoms with van der Waals surface area (Å²) in [5.74, 6) is -16.9. The SMILES string of the molecule is CCCCCCCC[C@H](NC(=O)[C@H](CCCNC(=N)N)NC(=O)[C@H](Cc1c[nH]c2ccccc12)NC(=O)[C@H](Cc1ccc(O)cc1)NC(=O)[C@H](CS)NC(=O)[C@H](CCC(N)=O)NC(=O)[C@H](Cc1c[nH]c2ccccc12)NC(=O)[C@@H](NC(=O)[C@H](CCC(N)=O)NC(=O)[C@H](CS)NC(C)=O)[C@@H](C)O)C(=O)N[C@@H](Cc1ccccc1)C(=O)NCC(=O)NCCOCC(=O)N[C@H](CCCCN)C(N)=O. The molecule has 0 saturated heterocycles. The Balaban J connectivity index is 1.28. The minimum atomic E-state index is -1.92. The first kappa shape index (κ1) is 110. The first-order chi connectivity index (χ1) is 64.5. The lowest BCUT2D eigenvalue weighted by Crippen LogP contribution is -2.62. The minimum Gasteiger partial charge on any atom is -0.508 e. The molecule has 135 heavy (non-hydrogen) atoms. The van der Waals surface area contributed by atoms with Gasteiger partial charge in [0, 0.05) is 104 Å². The third kappa shape index (κ3) is 39.4. The molecule has 0 aliphatic rings. The van der Waals surface area contributed by atoms with Gasteiger partial charge in [0.25, 0.3) is 0 Å². The highest BCUT2D eigenvalue weighted by molar-refractivity contribution is 7.80. The van der Waals surface area contributed by atoms with E-state index in [1.807, 2.05) is 6.92 Å². The van der Waals surface area contributed by atoms with Crippen LogP contribution in [0.2, 0.25) is 0 Å². The van der Waals surface area contributed by atoms with Crippen LogP contribution in [-0.4, -0.2) is 256 Å². The van der Waals surface area contributed by atoms with Gasteiger partial charge in [-0.15, -0.1) is 0 Å². The molecule has 736 valence electrons. The number of nitrogens with two attached hydrogens (primary N) is 5. The van der Waals surface area contributed by atoms with Crippen LogP contribution in [0.5, 0.6) is 5.75 Å². The number of aromatic nitrogens is 2. The van der Waals surface area contributed by atoms with Gasteiger partial charge in [0.05, 0.1) is 19.3 Å². The molecule has 0 unspecified atom stereocenters. The number of hydrogen-bond acceptors (Lipinski definition) is 24. The number of nitrogens with one attached hydrogen (secondary N) is 18. The predicted molar refractivity (Wildman–Crippen MR) is 507 cm³/mol. The molecular formula is C90H129N23O20S2. The second-order valence-electron chi connectivity index (χ2n) is 32.6. The maximum Gasteiger partial charge on any atom is 0.246 e. The summed E-state index contributed by atoms with van der Waals surface area (Å²) in [4.78, 5) is 243. The van der Waals surface area contributed by atoms with Gasteiger partial charge in [0.1, 0.15) is 84.9 Å². The molecule has 2 aromatic heterocycles. The maximum absolute atomic E-state index is 15.5. The zero-order valence-corrected chi connectivity index (χ0v) is 77.6. The highest BCUT2D eigenvalue weighted by Gasteiger charge is 2.39. The number of rotatable bonds is 63. The van der Waals surface area contributed by atoms with Crippen LogP contribution in [0.3, 0.4) is 0 Å². The molecule has 6 rings (SSSR count). The Morgan fingerprint density at radius 2 is 0.822 bits per heavy atom. The lowest BCUT2D eigenvalue weighted by atomic mass is 10.0. The van der Waals surface area contributed by atoms with Crippen molar-refractivity contribution < 1.29 is 96.5 Å². The molecule has 4 aromatic carbocycles. The van der Waals surface area contributed by atoms with Crippen LogP contribution in [0, 0.1) is 5.41 Å². The molecule has 43 nitrogen and oxygen atoms in total. The van der Waals surface area contributed by atoms with E-state index < -0.39 is 230 Å². The number of hydrogen-bond donors (Lipinski definition) is 27. The predicted octanol–water partition coefficient (Wildman–Crippen LogP) is -2.89. The Morgan fingerprint density at radius 3 is 1.30 bits per heavy atom. The van der Waals surface area contributed by atoms with Crippen LogP contribution in [0.25, 0.3) is 21.8 Å². The summed E-state index contributed by atoms with van der Waals surface area (Å²) in [6.07, 6.45) is 4.09. The van der Waals surface area contributed by atoms with Crippen molar-refractivity contribution >= 4 is 153 Å². The Bertz CT molecular complexity index is 4990. The number of ether oxygens (including phenoxy) is 1. The molecule has 0 radical (unpaired) electrons. The summed E-state index contributed by atoms with van der Waals surface area (Å²) in [7, 11) is 0. The fourth-order valence-corrected chi connectivity index (χ4v) is 14.9. The van der Waals surface area contributed by atoms with Crippen molar-refractivity contribution in [2.24, 2.45) is 28.7 Å². The average molecular weight is 1920 g/mol. The number of carbonyl (C=O) groups is 17. The van der Waals surface area contributed by atoms with E-state index in [1.54, 1.807) is 85.1 Å². The smallest absolute Gasteiger partial charge is 0.246 e. The number of carbonyl (C=O) groups excluding carboxylic acids is 17. The third-order valence-electron chi connectivity index (χ3n) is 21.7. The second kappa shape index (κ2) is 58.6. The van der Waals surface area contributed by atoms with E-state index in [1.165, 1.54) is 30.5 Å². The van der Waals surface area contributed by atoms with Crippen molar-refractivity contribution in [2.45, 2.75) is 228 Å². The number of amides is 17. The lowest BCUT2D eigenvalue weighted by Gasteiger charge is -2.29. The van der Waals surface area contributed by atoms with Crippen LogP contribution in [0.4, 0.5) is 0 Å². The van der Waals surface area contributed by atoms with E-state index in [4.69, 9.17) is 38.8 Å². The summed E-state index contributed by atoms with van der Waals surface area (Å²) < 4.78 is 5.39. The van der Waals surface area contributed by atoms with Crippen LogP contribution >= 0.6 is 25.3 Å². The first-order valence-electron chi connectivity index (χ1n) is 44.7. The number of thiol groups is 2. The van der Waals surface area contributed by atoms with Crippen molar-refractivity contribution in [3.63, 3.8) is 0 Å². The standard InChI is InChI=1S/C90H129N23O20S2/c1-4-5-6-7-8-12-27-63(81(124)108-67(41-53-20-10-9-11-21-53)79(122)101-47-75(119)97-39-40-133-48-76(120)103-62(78(94)121)26-17-18-37-91)104-80(123)64(28-19-38-98-90(95)96)105-85(128)69(43-55-45-99-60-24-15-13-22-58(55)60)110-84(127)68(42-54-29-31-57(116)32-30-54)109-88(131)72(50-135)112-82(125)65(33-35-73(92)117)106-86(129)70(44-56-46-100-61-25-16-14-23-59(56)61)111-89(132)77(51(2)114)113-83(126)66(34-36-74(93)118)107-87(130)71(49-134)102-52(3)115/h9-11,13-16,20-25,29-32,45-46,51,62-72,77,99-100,114,116,134-135H,4-8,12,17-19,26-28,33-44,47-50,91H2,1-3H3,(H2,92,117)(H2,93,118)(H2,94,121)(H,97,119)(H,101,122)(H,102,115)(H,103,120)(H,104,123)(H,105,128)(H,106,129)(H,107,130)(H,108,124)(H,109,131)(H,110,127)(H,111,132)(H,112,125)(H,113,126)(H4,95,96,98)/t51-,62-,63+,64+,65+,66+,67+,68+,69+,70+,71+,72+,77+/m1/s1. The van der Waals surface area contributed by atoms with E-state index in [0.29, 0.717) is 76.3 Å². The van der Waals surface area contributed by atoms with Gasteiger partial charge in [-0.05, 0) is 111 Å². The van der Waals surface area contributed by atoms with Gasteiger partial charge < -0.3 is 133 Å². The van der Waals surface area contributed by atoms with E-state index in [-0.39, 0.29) is 82.6 Å². The summed E-state index contributed by atoms with van der Waals surface area (Å²) in [5.41, 5.74) is 30.7. The summed E-state index contributed by atoms with van der Waals surface area (Å²) in [6.45, 7) is 3.43. The number of unbranched alkanes of at least 4 members (excludes halogenated alkanes) is 6. The minimum absolute atomic E-state index is 0.000307. The lowest BCUT2D eigenvalue weighted by molar-refractivity contribution is -0.137. The van der Waals surface area contributed by atoms with Crippen LogP contribution in [0.1, 0.15) is 146 Å². The van der Waals surface area contributed by atoms with Crippen molar-refractivity contribution in [3.05, 3.63) is 138 Å². The number of fused-ring (bicyclic) bond motifs is 2. The fraction of sp³-hybridized carbons (Fsp3) is 0.489. The number of guanidine groups is 1. The largest absolute Gasteiger partial charge is 0.508 e. The molecule has 13 atom stereocenters. The number of benzene rings is 4. The molecule has 0 fully saturated rings. The van der Waals surface area contributed by atoms with Gasteiger partial charge in [-0.2, -0.15) is 25.3 Å². The average Bonchev–Trinajstić information content (AvgIpc) is 1.71. The highest BCUT2D eigenvalue weighted by atomic mass is 32.1. The molecule has 45 heteroatoms. The number of para-hydroxylation sites is 2. The van der Waals surface area contributed by atoms with E-state index >= 15 is 19.2 Å². The first-order valence-corrected chi connectivity index (χ1v) is 46.0. The quantitative estimate of drug-likeness (QED) is 0.00789. The molecule has 30 N–H and O–H groups in total. The van der Waals surface area contributed by atoms with E-state index in [2.05, 4.69) is 115 Å². The number of aromatic amines is 2. The third-order valence-corrected chi connectivity index (χ3v) is 22.4. The normalized spacial score (nSPS) is 14.0. The molecule has 0 saturated carbocycles. The molecule has 0 aliphatic heterocycles. The fourth-order valence-electron chi connectivity index (χ4n) is 14.4. The van der Waals surface area contributed by atoms with Crippen LogP contribution in [0.15, 0.2) is 116 Å². The van der Waals surface area contributed by atoms with Crippen LogP contribution in [-0.2, 0) is 112 Å². The number of aliphatic hydroxyl groups excluding tert-OH is 1. The number of H-pyrrole nitrogens is 2. The number of aromatic hydroxyl groups is 1. The molecule has 17 amide bonds. The second-order valence-corrected chi connectivity index (χ2v) is 33.3. The Labute approximate surface area is 791 Å². The highest BCUT2D eigenvalue weighted by Crippen LogP contribution is 2.23. The topological polar surface area (TPSA) is 706 Å². The Hall–Kier alpha value is -13.4. The zero-order chi connectivity index (χ0) is 99.1. The maximum atomic E-state index is 15.5. The molecule has 0 aliphatic carbocycles. The molecule has 0 spiro atoms. The molecular weight excluding hydrogens is 1790 g/mol. The monoisotopic (exact) mass is 1920 g/mol. The van der Waals surface area contributed by atoms with E-state index in [0.717, 1.165) is 39.5 Å². The molecule has 0 bridgehead atoms. The van der Waals surface area contributed by atoms with Gasteiger partial charge >= 0.3 is 0 Å². The summed E-state index contributed by atoms with van der Waals surface area (Å²) >= 11 is 8.53. The van der Waals surface area contributed by atoms with Gasteiger partial charge in [0.15, 0.2) is 5.96 Å². The summed E-state index contributed by atoms with van der Waals surface area (Å²) in [6, 6.07) is 9.37. The Morgan fingerprint density at radius 1 is 0.415 bits per heavy atom. The zero-order valence-electron chi connectivity index (χ0n) is 75.8. The van der Waals surface area contributed by atoms with Crippen LogP contribution < -0.4 is 108 Å². The van der Waals surface area contributed by atoms with E-state index in [9.17, 15) is 72.5 Å². The van der Waals surface area contributed by atoms with Gasteiger partial charge in [0.2, 0.25) is 100 Å².